The van der Waals surface area contributed by atoms with Gasteiger partial charge in [-0.25, -0.2) is 4.79 Å². The molecule has 25 heavy (non-hydrogen) atoms. The van der Waals surface area contributed by atoms with E-state index in [0.29, 0.717) is 28.3 Å². The van der Waals surface area contributed by atoms with Crippen LogP contribution >= 0.6 is 0 Å². The Labute approximate surface area is 145 Å². The van der Waals surface area contributed by atoms with E-state index in [1.807, 2.05) is 0 Å². The molecule has 3 N–H and O–H groups in total. The third-order valence-electron chi connectivity index (χ3n) is 4.25. The maximum Gasteiger partial charge on any atom is 0.319 e. The maximum absolute atomic E-state index is 12.8. The molecule has 0 bridgehead atoms. The molecular weight excluding hydrogens is 326 g/mol. The average Bonchev–Trinajstić information content (AvgIpc) is 2.88. The van der Waals surface area contributed by atoms with Gasteiger partial charge in [0.15, 0.2) is 11.5 Å². The lowest BCUT2D eigenvalue weighted by molar-refractivity contribution is -0.126. The predicted octanol–water partition coefficient (Wildman–Crippen LogP) is 0.535. The SMILES string of the molecule is COc1ccc([C@@H]2NC(=O)NC3=C2C(=O)N(C[C@H](C)O)C3)cc1OC. The normalized spacial score (nSPS) is 20.8. The summed E-state index contributed by atoms with van der Waals surface area (Å²) < 4.78 is 10.5. The zero-order chi connectivity index (χ0) is 18.1. The van der Waals surface area contributed by atoms with Gasteiger partial charge in [0.25, 0.3) is 5.91 Å². The first-order valence-corrected chi connectivity index (χ1v) is 7.94. The maximum atomic E-state index is 12.8. The van der Waals surface area contributed by atoms with Gasteiger partial charge in [-0.15, -0.1) is 0 Å². The number of hydrogen-bond acceptors (Lipinski definition) is 5. The summed E-state index contributed by atoms with van der Waals surface area (Å²) in [6.07, 6.45) is -0.645. The van der Waals surface area contributed by atoms with Gasteiger partial charge in [0.2, 0.25) is 0 Å². The molecule has 0 fully saturated rings. The van der Waals surface area contributed by atoms with Crippen LogP contribution in [0.15, 0.2) is 29.5 Å². The quantitative estimate of drug-likeness (QED) is 0.722. The fourth-order valence-corrected chi connectivity index (χ4v) is 3.18. The minimum Gasteiger partial charge on any atom is -0.493 e. The number of carbonyl (C=O) groups is 2. The number of amides is 3. The number of benzene rings is 1. The number of nitrogens with one attached hydrogen (secondary N) is 2. The van der Waals surface area contributed by atoms with Crippen molar-refractivity contribution in [1.29, 1.82) is 0 Å². The average molecular weight is 347 g/mol. The molecular formula is C17H21N3O5. The zero-order valence-electron chi connectivity index (χ0n) is 14.3. The molecule has 1 aromatic carbocycles. The van der Waals surface area contributed by atoms with Crippen molar-refractivity contribution in [2.45, 2.75) is 19.1 Å². The van der Waals surface area contributed by atoms with Crippen molar-refractivity contribution in [3.05, 3.63) is 35.0 Å². The molecule has 8 nitrogen and oxygen atoms in total. The molecule has 0 unspecified atom stereocenters. The van der Waals surface area contributed by atoms with Crippen LogP contribution in [0.3, 0.4) is 0 Å². The lowest BCUT2D eigenvalue weighted by Crippen LogP contribution is -2.44. The molecule has 134 valence electrons. The van der Waals surface area contributed by atoms with Crippen LogP contribution in [0, 0.1) is 0 Å². The van der Waals surface area contributed by atoms with Crippen molar-refractivity contribution >= 4 is 11.9 Å². The minimum absolute atomic E-state index is 0.205. The summed E-state index contributed by atoms with van der Waals surface area (Å²) in [6, 6.07) is 4.30. The van der Waals surface area contributed by atoms with Crippen LogP contribution in [0.1, 0.15) is 18.5 Å². The van der Waals surface area contributed by atoms with E-state index in [1.54, 1.807) is 32.2 Å². The number of aliphatic hydroxyl groups is 1. The molecule has 0 radical (unpaired) electrons. The number of methoxy groups -OCH3 is 2. The summed E-state index contributed by atoms with van der Waals surface area (Å²) in [5.74, 6) is 0.874. The van der Waals surface area contributed by atoms with Crippen LogP contribution in [0.25, 0.3) is 0 Å². The molecule has 0 aliphatic carbocycles. The molecule has 2 atom stereocenters. The molecule has 0 spiro atoms. The number of urea groups is 1. The highest BCUT2D eigenvalue weighted by atomic mass is 16.5. The molecule has 3 amide bonds. The molecule has 0 saturated heterocycles. The molecule has 2 aliphatic rings. The van der Waals surface area contributed by atoms with Crippen LogP contribution in [-0.2, 0) is 4.79 Å². The Morgan fingerprint density at radius 2 is 2.00 bits per heavy atom. The van der Waals surface area contributed by atoms with Gasteiger partial charge in [-0.2, -0.15) is 0 Å². The van der Waals surface area contributed by atoms with Gasteiger partial charge in [0, 0.05) is 6.54 Å². The second-order valence-corrected chi connectivity index (χ2v) is 6.07. The first-order chi connectivity index (χ1) is 11.9. The van der Waals surface area contributed by atoms with E-state index in [0.717, 1.165) is 0 Å². The Balaban J connectivity index is 1.97. The third kappa shape index (κ3) is 3.12. The molecule has 1 aromatic rings. The van der Waals surface area contributed by atoms with Gasteiger partial charge in [-0.05, 0) is 24.6 Å². The van der Waals surface area contributed by atoms with Crippen LogP contribution in [0.4, 0.5) is 4.79 Å². The standard InChI is InChI=1S/C17H21N3O5/c1-9(21)7-20-8-11-14(16(20)22)15(19-17(23)18-11)10-4-5-12(24-2)13(6-10)25-3/h4-6,9,15,21H,7-8H2,1-3H3,(H2,18,19,23)/t9-,15-/m0/s1. The van der Waals surface area contributed by atoms with Crippen molar-refractivity contribution in [3.8, 4) is 11.5 Å². The van der Waals surface area contributed by atoms with Gasteiger partial charge < -0.3 is 30.1 Å². The monoisotopic (exact) mass is 347 g/mol. The van der Waals surface area contributed by atoms with E-state index < -0.39 is 12.1 Å². The van der Waals surface area contributed by atoms with Crippen molar-refractivity contribution in [2.24, 2.45) is 0 Å². The fourth-order valence-electron chi connectivity index (χ4n) is 3.18. The summed E-state index contributed by atoms with van der Waals surface area (Å²) in [4.78, 5) is 26.3. The number of β-amino-alcohol motifs (C(OH)–C–C–N with tert-alkyl or cyclic N) is 1. The van der Waals surface area contributed by atoms with Gasteiger partial charge in [0.1, 0.15) is 0 Å². The van der Waals surface area contributed by atoms with Crippen molar-refractivity contribution in [1.82, 2.24) is 15.5 Å². The fraction of sp³-hybridized carbons (Fsp3) is 0.412. The number of carbonyl (C=O) groups excluding carboxylic acids is 2. The molecule has 0 aromatic heterocycles. The van der Waals surface area contributed by atoms with Crippen molar-refractivity contribution < 1.29 is 24.2 Å². The molecule has 2 heterocycles. The van der Waals surface area contributed by atoms with Crippen LogP contribution in [0.5, 0.6) is 11.5 Å². The van der Waals surface area contributed by atoms with Gasteiger partial charge >= 0.3 is 6.03 Å². The van der Waals surface area contributed by atoms with Crippen LogP contribution in [0.2, 0.25) is 0 Å². The Bertz CT molecular complexity index is 744. The van der Waals surface area contributed by atoms with E-state index in [9.17, 15) is 14.7 Å². The second kappa shape index (κ2) is 6.64. The lowest BCUT2D eigenvalue weighted by Gasteiger charge is -2.26. The largest absolute Gasteiger partial charge is 0.493 e. The highest BCUT2D eigenvalue weighted by Crippen LogP contribution is 2.36. The van der Waals surface area contributed by atoms with E-state index in [4.69, 9.17) is 9.47 Å². The second-order valence-electron chi connectivity index (χ2n) is 6.07. The number of hydrogen-bond donors (Lipinski definition) is 3. The Hall–Kier alpha value is -2.74. The Morgan fingerprint density at radius 3 is 2.64 bits per heavy atom. The zero-order valence-corrected chi connectivity index (χ0v) is 14.3. The Morgan fingerprint density at radius 1 is 1.28 bits per heavy atom. The van der Waals surface area contributed by atoms with Crippen molar-refractivity contribution in [3.63, 3.8) is 0 Å². The molecule has 8 heteroatoms. The smallest absolute Gasteiger partial charge is 0.319 e. The summed E-state index contributed by atoms with van der Waals surface area (Å²) in [6.45, 7) is 2.10. The number of rotatable bonds is 5. The highest BCUT2D eigenvalue weighted by molar-refractivity contribution is 6.01. The lowest BCUT2D eigenvalue weighted by atomic mass is 9.96. The first-order valence-electron chi connectivity index (χ1n) is 7.94. The summed E-state index contributed by atoms with van der Waals surface area (Å²) >= 11 is 0. The van der Waals surface area contributed by atoms with E-state index >= 15 is 0 Å². The summed E-state index contributed by atoms with van der Waals surface area (Å²) in [5, 5.41) is 15.1. The topological polar surface area (TPSA) is 100 Å². The van der Waals surface area contributed by atoms with Crippen molar-refractivity contribution in [2.75, 3.05) is 27.3 Å². The summed E-state index contributed by atoms with van der Waals surface area (Å²) in [7, 11) is 3.07. The van der Waals surface area contributed by atoms with Crippen LogP contribution < -0.4 is 20.1 Å². The molecule has 2 aliphatic heterocycles. The van der Waals surface area contributed by atoms with E-state index in [1.165, 1.54) is 12.0 Å². The molecule has 3 rings (SSSR count). The summed E-state index contributed by atoms with van der Waals surface area (Å²) in [5.41, 5.74) is 1.76. The molecule has 0 saturated carbocycles. The predicted molar refractivity (Wildman–Crippen MR) is 89.2 cm³/mol. The van der Waals surface area contributed by atoms with Gasteiger partial charge in [-0.3, -0.25) is 4.79 Å². The van der Waals surface area contributed by atoms with Gasteiger partial charge in [-0.1, -0.05) is 6.07 Å². The van der Waals surface area contributed by atoms with Gasteiger partial charge in [0.05, 0.1) is 44.2 Å². The van der Waals surface area contributed by atoms with E-state index in [-0.39, 0.29) is 25.0 Å². The van der Waals surface area contributed by atoms with Crippen LogP contribution in [-0.4, -0.2) is 55.4 Å². The number of ether oxygens (including phenoxy) is 2. The number of aliphatic hydroxyl groups excluding tert-OH is 1. The third-order valence-corrected chi connectivity index (χ3v) is 4.25. The minimum atomic E-state index is -0.645. The number of nitrogens with zero attached hydrogens (tertiary/aromatic N) is 1. The highest BCUT2D eigenvalue weighted by Gasteiger charge is 2.40. The first kappa shape index (κ1) is 17.1. The van der Waals surface area contributed by atoms with E-state index in [2.05, 4.69) is 10.6 Å². The Kier molecular flexibility index (Phi) is 4.54.